The summed E-state index contributed by atoms with van der Waals surface area (Å²) in [7, 11) is -4.78. The summed E-state index contributed by atoms with van der Waals surface area (Å²) in [5.41, 5.74) is 0.592. The summed E-state index contributed by atoms with van der Waals surface area (Å²) in [6, 6.07) is 12.8. The summed E-state index contributed by atoms with van der Waals surface area (Å²) < 4.78 is 34.3. The molecule has 0 fully saturated rings. The van der Waals surface area contributed by atoms with E-state index in [1.54, 1.807) is 25.1 Å². The summed E-state index contributed by atoms with van der Waals surface area (Å²) in [6.45, 7) is 1.65. The van der Waals surface area contributed by atoms with Crippen molar-refractivity contribution in [2.45, 2.75) is 11.8 Å². The number of halogens is 1. The molecule has 0 unspecified atom stereocenters. The van der Waals surface area contributed by atoms with Crippen LogP contribution in [0.2, 0.25) is 5.02 Å². The molecule has 0 heterocycles. The standard InChI is InChI=1S/C17H13ClN2O4S.Ca/c1-10-8-14(16(9-13(10)18)25(22,23)24)19-20-17-12-5-3-2-4-11(12)6-7-15(17)21;/h2-9,21H,1H3,(H,22,23,24);/q;+2/p-1. The number of nitrogens with zero attached hydrogens (tertiary/aromatic N) is 2. The van der Waals surface area contributed by atoms with Gasteiger partial charge in [-0.3, -0.25) is 0 Å². The summed E-state index contributed by atoms with van der Waals surface area (Å²) in [6.07, 6.45) is 0. The van der Waals surface area contributed by atoms with Gasteiger partial charge in [-0.05, 0) is 36.1 Å². The van der Waals surface area contributed by atoms with Crippen LogP contribution in [0, 0.1) is 6.92 Å². The first-order valence-corrected chi connectivity index (χ1v) is 8.94. The first-order valence-electron chi connectivity index (χ1n) is 7.16. The zero-order chi connectivity index (χ0) is 18.2. The number of hydrogen-bond acceptors (Lipinski definition) is 6. The largest absolute Gasteiger partial charge is 2.00 e. The van der Waals surface area contributed by atoms with Gasteiger partial charge in [-0.2, -0.15) is 0 Å². The van der Waals surface area contributed by atoms with E-state index in [4.69, 9.17) is 11.6 Å². The Labute approximate surface area is 185 Å². The molecule has 0 spiro atoms. The van der Waals surface area contributed by atoms with E-state index in [9.17, 15) is 18.1 Å². The maximum Gasteiger partial charge on any atom is 2.00 e. The van der Waals surface area contributed by atoms with E-state index in [-0.39, 0.29) is 59.9 Å². The van der Waals surface area contributed by atoms with Gasteiger partial charge in [0.15, 0.2) is 0 Å². The Bertz CT molecular complexity index is 1120. The number of rotatable bonds is 3. The second kappa shape index (κ2) is 8.21. The Hall–Kier alpha value is -1.22. The molecule has 9 heteroatoms. The molecule has 0 atom stereocenters. The maximum absolute atomic E-state index is 11.4. The van der Waals surface area contributed by atoms with E-state index in [0.29, 0.717) is 10.9 Å². The van der Waals surface area contributed by atoms with Gasteiger partial charge in [0.05, 0.1) is 4.90 Å². The van der Waals surface area contributed by atoms with Crippen LogP contribution in [-0.2, 0) is 10.1 Å². The van der Waals surface area contributed by atoms with Crippen molar-refractivity contribution in [1.29, 1.82) is 0 Å². The molecule has 0 amide bonds. The quantitative estimate of drug-likeness (QED) is 0.388. The zero-order valence-electron chi connectivity index (χ0n) is 13.7. The minimum atomic E-state index is -4.78. The van der Waals surface area contributed by atoms with E-state index in [1.807, 2.05) is 12.1 Å². The summed E-state index contributed by atoms with van der Waals surface area (Å²) in [4.78, 5) is -0.563. The predicted molar refractivity (Wildman–Crippen MR) is 99.7 cm³/mol. The molecule has 1 N–H and O–H groups in total. The van der Waals surface area contributed by atoms with Crippen LogP contribution in [0.5, 0.6) is 5.75 Å². The number of fused-ring (bicyclic) bond motifs is 1. The fourth-order valence-corrected chi connectivity index (χ4v) is 3.23. The molecule has 128 valence electrons. The normalized spacial score (nSPS) is 11.7. The second-order valence-corrected chi connectivity index (χ2v) is 7.13. The third-order valence-corrected chi connectivity index (χ3v) is 4.92. The number of benzene rings is 3. The summed E-state index contributed by atoms with van der Waals surface area (Å²) >= 11 is 5.90. The number of hydrogen-bond donors (Lipinski definition) is 1. The molecule has 6 nitrogen and oxygen atoms in total. The third-order valence-electron chi connectivity index (χ3n) is 3.65. The van der Waals surface area contributed by atoms with Crippen LogP contribution in [0.4, 0.5) is 11.4 Å². The van der Waals surface area contributed by atoms with Crippen molar-refractivity contribution in [2.75, 3.05) is 0 Å². The minimum absolute atomic E-state index is 0. The average Bonchev–Trinajstić information content (AvgIpc) is 2.55. The number of aryl methyl sites for hydroxylation is 1. The molecule has 0 saturated carbocycles. The van der Waals surface area contributed by atoms with Gasteiger partial charge >= 0.3 is 37.7 Å². The minimum Gasteiger partial charge on any atom is -0.744 e. The summed E-state index contributed by atoms with van der Waals surface area (Å²) in [5, 5.41) is 19.5. The van der Waals surface area contributed by atoms with Gasteiger partial charge in [0.1, 0.15) is 27.2 Å². The van der Waals surface area contributed by atoms with Crippen LogP contribution in [0.3, 0.4) is 0 Å². The Balaban J connectivity index is 0.00000243. The van der Waals surface area contributed by atoms with Crippen molar-refractivity contribution in [1.82, 2.24) is 0 Å². The molecular formula is C17H12CaClN2O4S+. The van der Waals surface area contributed by atoms with Crippen LogP contribution >= 0.6 is 11.6 Å². The SMILES string of the molecule is Cc1cc(N=Nc2c(O)ccc3ccccc23)c(S(=O)(=O)[O-])cc1Cl.[Ca+2]. The molecule has 0 aliphatic rings. The van der Waals surface area contributed by atoms with E-state index in [2.05, 4.69) is 10.2 Å². The van der Waals surface area contributed by atoms with Gasteiger partial charge in [0.2, 0.25) is 0 Å². The van der Waals surface area contributed by atoms with Gasteiger partial charge in [-0.15, -0.1) is 10.2 Å². The van der Waals surface area contributed by atoms with Crippen molar-refractivity contribution < 1.29 is 18.1 Å². The second-order valence-electron chi connectivity index (χ2n) is 5.38. The molecule has 0 aliphatic carbocycles. The van der Waals surface area contributed by atoms with E-state index < -0.39 is 15.0 Å². The number of phenolic OH excluding ortho intramolecular Hbond substituents is 1. The molecule has 0 aliphatic heterocycles. The van der Waals surface area contributed by atoms with Gasteiger partial charge in [0, 0.05) is 10.4 Å². The molecule has 0 saturated heterocycles. The van der Waals surface area contributed by atoms with Gasteiger partial charge in [0.25, 0.3) is 0 Å². The van der Waals surface area contributed by atoms with Gasteiger partial charge in [-0.25, -0.2) is 8.42 Å². The Kier molecular flexibility index (Phi) is 6.65. The number of phenols is 1. The molecule has 0 radical (unpaired) electrons. The van der Waals surface area contributed by atoms with Crippen LogP contribution in [0.25, 0.3) is 10.8 Å². The van der Waals surface area contributed by atoms with Crippen molar-refractivity contribution in [3.05, 3.63) is 59.1 Å². The zero-order valence-corrected chi connectivity index (χ0v) is 17.5. The molecule has 26 heavy (non-hydrogen) atoms. The first-order chi connectivity index (χ1) is 11.8. The van der Waals surface area contributed by atoms with Crippen LogP contribution < -0.4 is 0 Å². The van der Waals surface area contributed by atoms with Crippen molar-refractivity contribution in [2.24, 2.45) is 10.2 Å². The molecular weight excluding hydrogens is 404 g/mol. The Morgan fingerprint density at radius 2 is 1.77 bits per heavy atom. The number of azo groups is 1. The van der Waals surface area contributed by atoms with E-state index in [0.717, 1.165) is 11.5 Å². The number of aromatic hydroxyl groups is 1. The van der Waals surface area contributed by atoms with Crippen molar-refractivity contribution in [3.63, 3.8) is 0 Å². The molecule has 0 aromatic heterocycles. The smallest absolute Gasteiger partial charge is 0.744 e. The van der Waals surface area contributed by atoms with Crippen molar-refractivity contribution in [3.8, 4) is 5.75 Å². The maximum atomic E-state index is 11.4. The third kappa shape index (κ3) is 4.36. The average molecular weight is 416 g/mol. The van der Waals surface area contributed by atoms with Crippen LogP contribution in [0.15, 0.2) is 63.7 Å². The van der Waals surface area contributed by atoms with Crippen molar-refractivity contribution >= 4 is 81.6 Å². The van der Waals surface area contributed by atoms with E-state index in [1.165, 1.54) is 12.1 Å². The monoisotopic (exact) mass is 415 g/mol. The topological polar surface area (TPSA) is 102 Å². The Morgan fingerprint density at radius 3 is 2.46 bits per heavy atom. The molecule has 3 rings (SSSR count). The van der Waals surface area contributed by atoms with Crippen LogP contribution in [0.1, 0.15) is 5.56 Å². The van der Waals surface area contributed by atoms with Gasteiger partial charge in [-0.1, -0.05) is 41.9 Å². The predicted octanol–water partition coefficient (Wildman–Crippen LogP) is 4.45. The Morgan fingerprint density at radius 1 is 1.08 bits per heavy atom. The first kappa shape index (κ1) is 21.1. The van der Waals surface area contributed by atoms with Crippen LogP contribution in [-0.4, -0.2) is 55.8 Å². The molecule has 3 aromatic rings. The fraction of sp³-hybridized carbons (Fsp3) is 0.0588. The van der Waals surface area contributed by atoms with Gasteiger partial charge < -0.3 is 9.66 Å². The fourth-order valence-electron chi connectivity index (χ4n) is 2.38. The molecule has 0 bridgehead atoms. The summed E-state index contributed by atoms with van der Waals surface area (Å²) in [5.74, 6) is -0.111. The molecule has 3 aromatic carbocycles. The van der Waals surface area contributed by atoms with E-state index >= 15 is 0 Å².